The number of thiazole rings is 1. The van der Waals surface area contributed by atoms with Gasteiger partial charge in [0.2, 0.25) is 0 Å². The summed E-state index contributed by atoms with van der Waals surface area (Å²) in [6.07, 6.45) is 0. The maximum absolute atomic E-state index is 5.27. The number of hydrogen-bond donors (Lipinski definition) is 1. The topological polar surface area (TPSA) is 59.9 Å². The van der Waals surface area contributed by atoms with E-state index in [2.05, 4.69) is 20.3 Å². The summed E-state index contributed by atoms with van der Waals surface area (Å²) < 4.78 is 5.27. The van der Waals surface area contributed by atoms with Gasteiger partial charge in [0.25, 0.3) is 0 Å². The Morgan fingerprint density at radius 3 is 2.57 bits per heavy atom. The first-order valence-corrected chi connectivity index (χ1v) is 7.42. The molecule has 0 atom stereocenters. The molecule has 3 rings (SSSR count). The SMILES string of the molecule is CNc1nc(-c2sc(C)nc2C)nc2ccc(OC)cc12. The molecule has 0 unspecified atom stereocenters. The smallest absolute Gasteiger partial charge is 0.174 e. The van der Waals surface area contributed by atoms with Crippen LogP contribution in [0.3, 0.4) is 0 Å². The summed E-state index contributed by atoms with van der Waals surface area (Å²) in [4.78, 5) is 14.8. The number of rotatable bonds is 3. The van der Waals surface area contributed by atoms with Crippen LogP contribution in [0.1, 0.15) is 10.7 Å². The van der Waals surface area contributed by atoms with E-state index in [4.69, 9.17) is 4.74 Å². The molecule has 0 saturated heterocycles. The molecule has 21 heavy (non-hydrogen) atoms. The number of benzene rings is 1. The summed E-state index contributed by atoms with van der Waals surface area (Å²) in [5, 5.41) is 5.10. The normalized spacial score (nSPS) is 10.9. The van der Waals surface area contributed by atoms with Crippen molar-refractivity contribution < 1.29 is 4.74 Å². The first-order chi connectivity index (χ1) is 10.1. The van der Waals surface area contributed by atoms with Gasteiger partial charge in [-0.15, -0.1) is 11.3 Å². The maximum Gasteiger partial charge on any atom is 0.174 e. The van der Waals surface area contributed by atoms with Crippen molar-refractivity contribution in [2.75, 3.05) is 19.5 Å². The van der Waals surface area contributed by atoms with Crippen molar-refractivity contribution in [2.24, 2.45) is 0 Å². The first kappa shape index (κ1) is 13.8. The highest BCUT2D eigenvalue weighted by atomic mass is 32.1. The number of nitrogens with zero attached hydrogens (tertiary/aromatic N) is 3. The first-order valence-electron chi connectivity index (χ1n) is 6.60. The molecule has 1 N–H and O–H groups in total. The van der Waals surface area contributed by atoms with Crippen molar-refractivity contribution in [2.45, 2.75) is 13.8 Å². The summed E-state index contributed by atoms with van der Waals surface area (Å²) in [6.45, 7) is 3.98. The van der Waals surface area contributed by atoms with Crippen molar-refractivity contribution in [3.63, 3.8) is 0 Å². The molecule has 3 aromatic rings. The molecule has 6 heteroatoms. The number of nitrogens with one attached hydrogen (secondary N) is 1. The molecule has 1 aromatic carbocycles. The van der Waals surface area contributed by atoms with Gasteiger partial charge in [0.15, 0.2) is 5.82 Å². The van der Waals surface area contributed by atoms with Crippen LogP contribution < -0.4 is 10.1 Å². The Kier molecular flexibility index (Phi) is 3.47. The monoisotopic (exact) mass is 300 g/mol. The van der Waals surface area contributed by atoms with Gasteiger partial charge in [-0.2, -0.15) is 0 Å². The fourth-order valence-corrected chi connectivity index (χ4v) is 3.12. The Morgan fingerprint density at radius 2 is 1.95 bits per heavy atom. The zero-order valence-electron chi connectivity index (χ0n) is 12.4. The minimum Gasteiger partial charge on any atom is -0.497 e. The fraction of sp³-hybridized carbons (Fsp3) is 0.267. The standard InChI is InChI=1S/C15H16N4OS/c1-8-13(21-9(2)17-8)15-18-12-6-5-10(20-4)7-11(12)14(16-3)19-15/h5-7H,1-4H3,(H,16,18,19). The van der Waals surface area contributed by atoms with Crippen molar-refractivity contribution >= 4 is 28.1 Å². The summed E-state index contributed by atoms with van der Waals surface area (Å²) in [5.74, 6) is 2.29. The number of ether oxygens (including phenoxy) is 1. The number of aryl methyl sites for hydroxylation is 2. The molecular formula is C15H16N4OS. The summed E-state index contributed by atoms with van der Waals surface area (Å²) >= 11 is 1.61. The predicted molar refractivity (Wildman–Crippen MR) is 86.2 cm³/mol. The van der Waals surface area contributed by atoms with Gasteiger partial charge in [0, 0.05) is 12.4 Å². The van der Waals surface area contributed by atoms with Crippen LogP contribution in [-0.2, 0) is 0 Å². The maximum atomic E-state index is 5.27. The third kappa shape index (κ3) is 2.42. The highest BCUT2D eigenvalue weighted by Gasteiger charge is 2.14. The second-order valence-corrected chi connectivity index (χ2v) is 5.88. The zero-order chi connectivity index (χ0) is 15.0. The third-order valence-corrected chi connectivity index (χ3v) is 4.32. The van der Waals surface area contributed by atoms with Crippen LogP contribution in [0, 0.1) is 13.8 Å². The molecule has 0 fully saturated rings. The van der Waals surface area contributed by atoms with Crippen LogP contribution in [0.15, 0.2) is 18.2 Å². The predicted octanol–water partition coefficient (Wildman–Crippen LogP) is 3.42. The lowest BCUT2D eigenvalue weighted by atomic mass is 10.2. The van der Waals surface area contributed by atoms with Gasteiger partial charge < -0.3 is 10.1 Å². The third-order valence-electron chi connectivity index (χ3n) is 3.25. The van der Waals surface area contributed by atoms with Crippen molar-refractivity contribution in [1.29, 1.82) is 0 Å². The Morgan fingerprint density at radius 1 is 1.14 bits per heavy atom. The average Bonchev–Trinajstić information content (AvgIpc) is 2.84. The van der Waals surface area contributed by atoms with E-state index in [-0.39, 0.29) is 0 Å². The van der Waals surface area contributed by atoms with Crippen LogP contribution in [0.2, 0.25) is 0 Å². The molecule has 0 aliphatic carbocycles. The van der Waals surface area contributed by atoms with Crippen molar-refractivity contribution in [3.05, 3.63) is 28.9 Å². The summed E-state index contributed by atoms with van der Waals surface area (Å²) in [5.41, 5.74) is 1.85. The van der Waals surface area contributed by atoms with Crippen LogP contribution in [0.25, 0.3) is 21.6 Å². The Balaban J connectivity index is 2.24. The van der Waals surface area contributed by atoms with Crippen LogP contribution in [0.4, 0.5) is 5.82 Å². The molecule has 2 heterocycles. The molecule has 0 radical (unpaired) electrons. The lowest BCUT2D eigenvalue weighted by molar-refractivity contribution is 0.415. The van der Waals surface area contributed by atoms with E-state index >= 15 is 0 Å². The molecule has 0 saturated carbocycles. The number of methoxy groups -OCH3 is 1. The van der Waals surface area contributed by atoms with Gasteiger partial charge in [0.05, 0.1) is 28.2 Å². The molecular weight excluding hydrogens is 284 g/mol. The summed E-state index contributed by atoms with van der Waals surface area (Å²) in [6, 6.07) is 5.79. The van der Waals surface area contributed by atoms with E-state index in [9.17, 15) is 0 Å². The minimum absolute atomic E-state index is 0.708. The van der Waals surface area contributed by atoms with Gasteiger partial charge >= 0.3 is 0 Å². The highest BCUT2D eigenvalue weighted by molar-refractivity contribution is 7.15. The number of aromatic nitrogens is 3. The molecule has 108 valence electrons. The highest BCUT2D eigenvalue weighted by Crippen LogP contribution is 2.31. The summed E-state index contributed by atoms with van der Waals surface area (Å²) in [7, 11) is 3.51. The molecule has 0 aliphatic rings. The van der Waals surface area contributed by atoms with E-state index < -0.39 is 0 Å². The van der Waals surface area contributed by atoms with E-state index in [1.807, 2.05) is 39.1 Å². The zero-order valence-corrected chi connectivity index (χ0v) is 13.2. The van der Waals surface area contributed by atoms with Gasteiger partial charge in [-0.1, -0.05) is 0 Å². The van der Waals surface area contributed by atoms with Gasteiger partial charge in [-0.3, -0.25) is 0 Å². The molecule has 0 amide bonds. The van der Waals surface area contributed by atoms with Crippen LogP contribution in [0.5, 0.6) is 5.75 Å². The molecule has 0 bridgehead atoms. The number of fused-ring (bicyclic) bond motifs is 1. The Bertz CT molecular complexity index is 813. The molecule has 0 aliphatic heterocycles. The number of anilines is 1. The minimum atomic E-state index is 0.708. The lowest BCUT2D eigenvalue weighted by Gasteiger charge is -2.09. The van der Waals surface area contributed by atoms with E-state index in [0.29, 0.717) is 5.82 Å². The quantitative estimate of drug-likeness (QED) is 0.803. The van der Waals surface area contributed by atoms with Crippen molar-refractivity contribution in [3.8, 4) is 16.5 Å². The average molecular weight is 300 g/mol. The molecule has 5 nitrogen and oxygen atoms in total. The molecule has 0 spiro atoms. The Labute approximate surface area is 127 Å². The van der Waals surface area contributed by atoms with Gasteiger partial charge in [-0.25, -0.2) is 15.0 Å². The lowest BCUT2D eigenvalue weighted by Crippen LogP contribution is -1.99. The van der Waals surface area contributed by atoms with Crippen LogP contribution in [-0.4, -0.2) is 29.1 Å². The largest absolute Gasteiger partial charge is 0.497 e. The second kappa shape index (κ2) is 5.29. The second-order valence-electron chi connectivity index (χ2n) is 4.68. The van der Waals surface area contributed by atoms with E-state index in [1.54, 1.807) is 18.4 Å². The Hall–Kier alpha value is -2.21. The van der Waals surface area contributed by atoms with Crippen molar-refractivity contribution in [1.82, 2.24) is 15.0 Å². The molecule has 2 aromatic heterocycles. The fourth-order valence-electron chi connectivity index (χ4n) is 2.27. The van der Waals surface area contributed by atoms with E-state index in [1.165, 1.54) is 0 Å². The van der Waals surface area contributed by atoms with Gasteiger partial charge in [0.1, 0.15) is 11.6 Å². The van der Waals surface area contributed by atoms with Gasteiger partial charge in [-0.05, 0) is 32.0 Å². The number of hydrogen-bond acceptors (Lipinski definition) is 6. The van der Waals surface area contributed by atoms with Crippen LogP contribution >= 0.6 is 11.3 Å². The van der Waals surface area contributed by atoms with E-state index in [0.717, 1.165) is 38.0 Å².